The van der Waals surface area contributed by atoms with E-state index in [1.165, 1.54) is 0 Å². The Labute approximate surface area is 120 Å². The Morgan fingerprint density at radius 1 is 1.35 bits per heavy atom. The molecule has 0 radical (unpaired) electrons. The second-order valence-electron chi connectivity index (χ2n) is 5.98. The average Bonchev–Trinajstić information content (AvgIpc) is 3.23. The highest BCUT2D eigenvalue weighted by Gasteiger charge is 2.29. The number of rotatable bonds is 7. The third-order valence-corrected chi connectivity index (χ3v) is 3.69. The van der Waals surface area contributed by atoms with Crippen molar-refractivity contribution >= 4 is 17.3 Å². The van der Waals surface area contributed by atoms with Crippen LogP contribution in [0.1, 0.15) is 33.1 Å². The molecule has 1 aliphatic carbocycles. The van der Waals surface area contributed by atoms with Crippen LogP contribution in [0.5, 0.6) is 0 Å². The first-order valence-electron chi connectivity index (χ1n) is 7.20. The summed E-state index contributed by atoms with van der Waals surface area (Å²) in [5.41, 5.74) is 1.76. The molecule has 0 saturated heterocycles. The highest BCUT2D eigenvalue weighted by atomic mass is 16.5. The van der Waals surface area contributed by atoms with Gasteiger partial charge in [-0.05, 0) is 51.3 Å². The first-order valence-corrected chi connectivity index (χ1v) is 7.20. The van der Waals surface area contributed by atoms with Crippen LogP contribution in [0.25, 0.3) is 0 Å². The van der Waals surface area contributed by atoms with Gasteiger partial charge in [0.25, 0.3) is 0 Å². The Morgan fingerprint density at radius 2 is 2.05 bits per heavy atom. The number of nitrogens with one attached hydrogen (secondary N) is 2. The lowest BCUT2D eigenvalue weighted by atomic mass is 10.1. The van der Waals surface area contributed by atoms with E-state index in [1.54, 1.807) is 7.11 Å². The molecule has 2 rings (SSSR count). The molecule has 1 aromatic carbocycles. The number of methoxy groups -OCH3 is 1. The summed E-state index contributed by atoms with van der Waals surface area (Å²) in [5.74, 6) is 0.372. The predicted octanol–water partition coefficient (Wildman–Crippen LogP) is 3.26. The number of anilines is 2. The van der Waals surface area contributed by atoms with E-state index in [-0.39, 0.29) is 17.4 Å². The molecule has 1 saturated carbocycles. The van der Waals surface area contributed by atoms with Gasteiger partial charge in [0.15, 0.2) is 0 Å². The van der Waals surface area contributed by atoms with Crippen LogP contribution in [0.15, 0.2) is 24.3 Å². The predicted molar refractivity (Wildman–Crippen MR) is 82.0 cm³/mol. The van der Waals surface area contributed by atoms with Crippen LogP contribution in [0.2, 0.25) is 0 Å². The minimum Gasteiger partial charge on any atom is -0.385 e. The van der Waals surface area contributed by atoms with Crippen molar-refractivity contribution in [2.75, 3.05) is 24.3 Å². The van der Waals surface area contributed by atoms with E-state index in [0.29, 0.717) is 0 Å². The Bertz CT molecular complexity index is 467. The number of ether oxygens (including phenoxy) is 1. The van der Waals surface area contributed by atoms with E-state index >= 15 is 0 Å². The maximum absolute atomic E-state index is 11.7. The van der Waals surface area contributed by atoms with E-state index < -0.39 is 0 Å². The summed E-state index contributed by atoms with van der Waals surface area (Å²) in [6.45, 7) is 4.97. The highest BCUT2D eigenvalue weighted by Crippen LogP contribution is 2.30. The minimum absolute atomic E-state index is 0.120. The fourth-order valence-corrected chi connectivity index (χ4v) is 1.91. The monoisotopic (exact) mass is 276 g/mol. The molecule has 1 fully saturated rings. The van der Waals surface area contributed by atoms with Gasteiger partial charge >= 0.3 is 0 Å². The lowest BCUT2D eigenvalue weighted by Crippen LogP contribution is -2.25. The van der Waals surface area contributed by atoms with Gasteiger partial charge in [0.1, 0.15) is 0 Å². The standard InChI is InChI=1S/C16H24N2O2/c1-16(2,20-3)9-10-17-13-5-4-6-14(11-13)18-15(19)12-7-8-12/h4-6,11-12,17H,7-10H2,1-3H3,(H,18,19). The van der Waals surface area contributed by atoms with Crippen LogP contribution in [0, 0.1) is 5.92 Å². The first-order chi connectivity index (χ1) is 9.50. The van der Waals surface area contributed by atoms with E-state index in [9.17, 15) is 4.79 Å². The molecule has 0 aromatic heterocycles. The average molecular weight is 276 g/mol. The zero-order valence-electron chi connectivity index (χ0n) is 12.5. The lowest BCUT2D eigenvalue weighted by molar-refractivity contribution is -0.117. The number of hydrogen-bond acceptors (Lipinski definition) is 3. The quantitative estimate of drug-likeness (QED) is 0.803. The highest BCUT2D eigenvalue weighted by molar-refractivity contribution is 5.94. The molecule has 1 amide bonds. The van der Waals surface area contributed by atoms with Crippen molar-refractivity contribution < 1.29 is 9.53 Å². The summed E-state index contributed by atoms with van der Waals surface area (Å²) >= 11 is 0. The zero-order chi connectivity index (χ0) is 14.6. The molecule has 4 nitrogen and oxygen atoms in total. The van der Waals surface area contributed by atoms with E-state index in [4.69, 9.17) is 4.74 Å². The third-order valence-electron chi connectivity index (χ3n) is 3.69. The fraction of sp³-hybridized carbons (Fsp3) is 0.562. The molecule has 2 N–H and O–H groups in total. The van der Waals surface area contributed by atoms with Gasteiger partial charge in [-0.3, -0.25) is 4.79 Å². The van der Waals surface area contributed by atoms with Gasteiger partial charge in [0.05, 0.1) is 5.60 Å². The SMILES string of the molecule is COC(C)(C)CCNc1cccc(NC(=O)C2CC2)c1. The topological polar surface area (TPSA) is 50.4 Å². The second kappa shape index (κ2) is 6.27. The van der Waals surface area contributed by atoms with Gasteiger partial charge in [0, 0.05) is 30.9 Å². The van der Waals surface area contributed by atoms with Crippen molar-refractivity contribution in [1.82, 2.24) is 0 Å². The van der Waals surface area contributed by atoms with Gasteiger partial charge in [-0.25, -0.2) is 0 Å². The third kappa shape index (κ3) is 4.53. The summed E-state index contributed by atoms with van der Waals surface area (Å²) in [6.07, 6.45) is 2.97. The van der Waals surface area contributed by atoms with Crippen molar-refractivity contribution in [2.24, 2.45) is 5.92 Å². The number of benzene rings is 1. The number of carbonyl (C=O) groups is 1. The van der Waals surface area contributed by atoms with E-state index in [0.717, 1.165) is 37.2 Å². The largest absolute Gasteiger partial charge is 0.385 e. The molecule has 110 valence electrons. The maximum Gasteiger partial charge on any atom is 0.227 e. The van der Waals surface area contributed by atoms with Crippen LogP contribution < -0.4 is 10.6 Å². The van der Waals surface area contributed by atoms with Crippen molar-refractivity contribution in [3.8, 4) is 0 Å². The molecule has 20 heavy (non-hydrogen) atoms. The van der Waals surface area contributed by atoms with Gasteiger partial charge in [-0.15, -0.1) is 0 Å². The Kier molecular flexibility index (Phi) is 4.65. The molecule has 4 heteroatoms. The lowest BCUT2D eigenvalue weighted by Gasteiger charge is -2.23. The number of amides is 1. The smallest absolute Gasteiger partial charge is 0.227 e. The summed E-state index contributed by atoms with van der Waals surface area (Å²) in [5, 5.41) is 6.32. The van der Waals surface area contributed by atoms with Gasteiger partial charge in [-0.2, -0.15) is 0 Å². The fourth-order valence-electron chi connectivity index (χ4n) is 1.91. The maximum atomic E-state index is 11.7. The molecule has 0 unspecified atom stereocenters. The van der Waals surface area contributed by atoms with E-state index in [1.807, 2.05) is 24.3 Å². The Balaban J connectivity index is 1.84. The Hall–Kier alpha value is -1.55. The van der Waals surface area contributed by atoms with Gasteiger partial charge in [0.2, 0.25) is 5.91 Å². The molecule has 1 aliphatic rings. The number of hydrogen-bond donors (Lipinski definition) is 2. The molecule has 0 heterocycles. The Morgan fingerprint density at radius 3 is 2.70 bits per heavy atom. The summed E-state index contributed by atoms with van der Waals surface area (Å²) in [6, 6.07) is 7.85. The molecular weight excluding hydrogens is 252 g/mol. The van der Waals surface area contributed by atoms with Crippen LogP contribution in [-0.4, -0.2) is 25.2 Å². The van der Waals surface area contributed by atoms with Crippen LogP contribution >= 0.6 is 0 Å². The molecule has 0 atom stereocenters. The molecule has 0 spiro atoms. The van der Waals surface area contributed by atoms with Crippen molar-refractivity contribution in [3.05, 3.63) is 24.3 Å². The van der Waals surface area contributed by atoms with Gasteiger partial charge in [-0.1, -0.05) is 6.07 Å². The normalized spacial score (nSPS) is 14.9. The zero-order valence-corrected chi connectivity index (χ0v) is 12.5. The molecular formula is C16H24N2O2. The summed E-state index contributed by atoms with van der Waals surface area (Å²) < 4.78 is 5.39. The minimum atomic E-state index is -0.120. The van der Waals surface area contributed by atoms with E-state index in [2.05, 4.69) is 24.5 Å². The molecule has 0 bridgehead atoms. The molecule has 0 aliphatic heterocycles. The van der Waals surface area contributed by atoms with Gasteiger partial charge < -0.3 is 15.4 Å². The summed E-state index contributed by atoms with van der Waals surface area (Å²) in [7, 11) is 1.73. The van der Waals surface area contributed by atoms with Crippen molar-refractivity contribution in [3.63, 3.8) is 0 Å². The second-order valence-corrected chi connectivity index (χ2v) is 5.98. The molecule has 1 aromatic rings. The first kappa shape index (κ1) is 14.9. The summed E-state index contributed by atoms with van der Waals surface area (Å²) in [4.78, 5) is 11.7. The number of carbonyl (C=O) groups excluding carboxylic acids is 1. The van der Waals surface area contributed by atoms with Crippen LogP contribution in [0.3, 0.4) is 0 Å². The van der Waals surface area contributed by atoms with Crippen molar-refractivity contribution in [1.29, 1.82) is 0 Å². The van der Waals surface area contributed by atoms with Crippen LogP contribution in [-0.2, 0) is 9.53 Å². The van der Waals surface area contributed by atoms with Crippen LogP contribution in [0.4, 0.5) is 11.4 Å². The van der Waals surface area contributed by atoms with Crippen molar-refractivity contribution in [2.45, 2.75) is 38.7 Å².